The average Bonchev–Trinajstić information content (AvgIpc) is 2.71. The van der Waals surface area contributed by atoms with Crippen LogP contribution in [0.4, 0.5) is 8.78 Å². The fourth-order valence-corrected chi connectivity index (χ4v) is 6.68. The number of hydrogen-bond donors (Lipinski definition) is 0. The van der Waals surface area contributed by atoms with E-state index in [4.69, 9.17) is 11.6 Å². The first-order chi connectivity index (χ1) is 13.6. The average molecular weight is 407 g/mol. The second-order valence-electron chi connectivity index (χ2n) is 9.52. The summed E-state index contributed by atoms with van der Waals surface area (Å²) in [5.41, 5.74) is 0.810. The van der Waals surface area contributed by atoms with Crippen LogP contribution in [0.5, 0.6) is 0 Å². The summed E-state index contributed by atoms with van der Waals surface area (Å²) in [4.78, 5) is 0. The van der Waals surface area contributed by atoms with Gasteiger partial charge in [-0.1, -0.05) is 37.1 Å². The number of benzene rings is 1. The van der Waals surface area contributed by atoms with Gasteiger partial charge in [0.1, 0.15) is 16.7 Å². The van der Waals surface area contributed by atoms with Crippen LogP contribution >= 0.6 is 11.6 Å². The minimum absolute atomic E-state index is 0.285. The predicted molar refractivity (Wildman–Crippen MR) is 113 cm³/mol. The molecule has 0 bridgehead atoms. The van der Waals surface area contributed by atoms with Crippen molar-refractivity contribution < 1.29 is 8.78 Å². The number of fused-ring (bicyclic) bond motifs is 3. The molecule has 6 atom stereocenters. The zero-order valence-electron chi connectivity index (χ0n) is 17.0. The number of unbranched alkanes of at least 4 members (excludes halogenated alkanes) is 1. The van der Waals surface area contributed by atoms with Gasteiger partial charge in [0.2, 0.25) is 0 Å². The molecule has 3 heteroatoms. The molecule has 1 aromatic carbocycles. The summed E-state index contributed by atoms with van der Waals surface area (Å²) in [5.74, 6) is 3.19. The van der Waals surface area contributed by atoms with Crippen LogP contribution < -0.4 is 0 Å². The summed E-state index contributed by atoms with van der Waals surface area (Å²) >= 11 is 5.67. The first kappa shape index (κ1) is 20.4. The fraction of sp³-hybridized carbons (Fsp3) is 0.680. The lowest BCUT2D eigenvalue weighted by atomic mass is 9.55. The molecule has 4 rings (SSSR count). The largest absolute Gasteiger partial charge is 0.205 e. The molecule has 0 aromatic heterocycles. The molecule has 0 aliphatic heterocycles. The van der Waals surface area contributed by atoms with Gasteiger partial charge in [-0.05, 0) is 111 Å². The minimum Gasteiger partial charge on any atom is -0.205 e. The lowest BCUT2D eigenvalue weighted by Gasteiger charge is -2.50. The van der Waals surface area contributed by atoms with E-state index in [1.807, 2.05) is 0 Å². The quantitative estimate of drug-likeness (QED) is 0.348. The molecule has 6 unspecified atom stereocenters. The third kappa shape index (κ3) is 4.18. The van der Waals surface area contributed by atoms with Crippen molar-refractivity contribution in [2.24, 2.45) is 29.6 Å². The third-order valence-electron chi connectivity index (χ3n) is 7.92. The highest BCUT2D eigenvalue weighted by atomic mass is 35.5. The number of hydrogen-bond acceptors (Lipinski definition) is 0. The van der Waals surface area contributed by atoms with E-state index in [9.17, 15) is 8.78 Å². The normalized spacial score (nSPS) is 35.6. The highest BCUT2D eigenvalue weighted by Gasteiger charge is 2.44. The Morgan fingerprint density at radius 1 is 0.929 bits per heavy atom. The highest BCUT2D eigenvalue weighted by Crippen LogP contribution is 2.55. The van der Waals surface area contributed by atoms with Crippen LogP contribution in [0.25, 0.3) is 0 Å². The third-order valence-corrected chi connectivity index (χ3v) is 8.28. The van der Waals surface area contributed by atoms with Crippen LogP contribution in [0.15, 0.2) is 24.3 Å². The standard InChI is InChI=1S/C25H33ClF2/c1-2-3-4-5-16-6-10-21-18(12-16)7-8-19-13-17(9-11-22(19)21)20-14-23(27)25(26)24(28)15-20/h4-5,14-19,21-22H,2-3,6-13H2,1H3. The van der Waals surface area contributed by atoms with Gasteiger partial charge >= 0.3 is 0 Å². The van der Waals surface area contributed by atoms with E-state index >= 15 is 0 Å². The maximum absolute atomic E-state index is 13.9. The Morgan fingerprint density at radius 3 is 2.25 bits per heavy atom. The Bertz CT molecular complexity index is 689. The van der Waals surface area contributed by atoms with E-state index in [0.717, 1.165) is 48.0 Å². The van der Waals surface area contributed by atoms with Crippen LogP contribution in [0.1, 0.15) is 82.6 Å². The summed E-state index contributed by atoms with van der Waals surface area (Å²) in [6, 6.07) is 2.94. The summed E-state index contributed by atoms with van der Waals surface area (Å²) in [6.07, 6.45) is 17.5. The topological polar surface area (TPSA) is 0 Å². The van der Waals surface area contributed by atoms with Gasteiger partial charge in [-0.3, -0.25) is 0 Å². The molecule has 1 aromatic rings. The van der Waals surface area contributed by atoms with Crippen molar-refractivity contribution >= 4 is 11.6 Å². The second-order valence-corrected chi connectivity index (χ2v) is 9.90. The van der Waals surface area contributed by atoms with Gasteiger partial charge in [0.15, 0.2) is 0 Å². The van der Waals surface area contributed by atoms with Gasteiger partial charge in [-0.15, -0.1) is 0 Å². The van der Waals surface area contributed by atoms with E-state index in [-0.39, 0.29) is 10.9 Å². The van der Waals surface area contributed by atoms with Crippen LogP contribution in [-0.2, 0) is 0 Å². The predicted octanol–water partition coefficient (Wildman–Crippen LogP) is 8.30. The first-order valence-corrected chi connectivity index (χ1v) is 11.8. The molecule has 3 aliphatic rings. The SMILES string of the molecule is CCCC=CC1CCC2C(CCC3CC(c4cc(F)c(Cl)c(F)c4)CCC32)C1. The molecule has 0 N–H and O–H groups in total. The molecule has 0 heterocycles. The van der Waals surface area contributed by atoms with E-state index in [2.05, 4.69) is 19.1 Å². The summed E-state index contributed by atoms with van der Waals surface area (Å²) < 4.78 is 27.8. The monoisotopic (exact) mass is 406 g/mol. The molecular formula is C25H33ClF2. The van der Waals surface area contributed by atoms with E-state index < -0.39 is 11.6 Å². The Kier molecular flexibility index (Phi) is 6.45. The molecule has 3 saturated carbocycles. The highest BCUT2D eigenvalue weighted by molar-refractivity contribution is 6.30. The zero-order valence-corrected chi connectivity index (χ0v) is 17.7. The van der Waals surface area contributed by atoms with Gasteiger partial charge < -0.3 is 0 Å². The first-order valence-electron chi connectivity index (χ1n) is 11.4. The number of allylic oxidation sites excluding steroid dienone is 2. The molecule has 0 spiro atoms. The minimum atomic E-state index is -0.614. The van der Waals surface area contributed by atoms with Crippen LogP contribution in [0.3, 0.4) is 0 Å². The molecule has 0 radical (unpaired) electrons. The van der Waals surface area contributed by atoms with Gasteiger partial charge in [0, 0.05) is 0 Å². The van der Waals surface area contributed by atoms with E-state index in [1.54, 1.807) is 0 Å². The summed E-state index contributed by atoms with van der Waals surface area (Å²) in [6.45, 7) is 2.24. The van der Waals surface area contributed by atoms with Crippen molar-refractivity contribution in [2.75, 3.05) is 0 Å². The number of halogens is 3. The van der Waals surface area contributed by atoms with Crippen LogP contribution in [0, 0.1) is 41.2 Å². The van der Waals surface area contributed by atoms with Crippen molar-refractivity contribution in [3.05, 3.63) is 46.5 Å². The lowest BCUT2D eigenvalue weighted by Crippen LogP contribution is -2.41. The smallest absolute Gasteiger partial charge is 0.145 e. The van der Waals surface area contributed by atoms with Crippen molar-refractivity contribution in [1.82, 2.24) is 0 Å². The van der Waals surface area contributed by atoms with Gasteiger partial charge in [-0.25, -0.2) is 8.78 Å². The Labute approximate surface area is 173 Å². The second kappa shape index (κ2) is 8.86. The molecule has 0 saturated heterocycles. The maximum Gasteiger partial charge on any atom is 0.145 e. The molecule has 0 nitrogen and oxygen atoms in total. The maximum atomic E-state index is 13.9. The van der Waals surface area contributed by atoms with E-state index in [1.165, 1.54) is 63.5 Å². The fourth-order valence-electron chi connectivity index (χ4n) is 6.57. The molecule has 3 fully saturated rings. The number of rotatable bonds is 4. The zero-order chi connectivity index (χ0) is 19.7. The van der Waals surface area contributed by atoms with Gasteiger partial charge in [-0.2, -0.15) is 0 Å². The molecular weight excluding hydrogens is 374 g/mol. The Morgan fingerprint density at radius 2 is 1.57 bits per heavy atom. The molecule has 28 heavy (non-hydrogen) atoms. The van der Waals surface area contributed by atoms with Crippen molar-refractivity contribution in [3.8, 4) is 0 Å². The van der Waals surface area contributed by atoms with Crippen molar-refractivity contribution in [3.63, 3.8) is 0 Å². The van der Waals surface area contributed by atoms with Crippen molar-refractivity contribution in [1.29, 1.82) is 0 Å². The van der Waals surface area contributed by atoms with Crippen molar-refractivity contribution in [2.45, 2.75) is 77.0 Å². The molecule has 154 valence electrons. The molecule has 3 aliphatic carbocycles. The molecule has 0 amide bonds. The summed E-state index contributed by atoms with van der Waals surface area (Å²) in [5, 5.41) is -0.373. The lowest BCUT2D eigenvalue weighted by molar-refractivity contribution is 0.0127. The van der Waals surface area contributed by atoms with Crippen LogP contribution in [-0.4, -0.2) is 0 Å². The summed E-state index contributed by atoms with van der Waals surface area (Å²) in [7, 11) is 0. The Balaban J connectivity index is 1.39. The van der Waals surface area contributed by atoms with Gasteiger partial charge in [0.05, 0.1) is 0 Å². The Hall–Kier alpha value is -0.890. The van der Waals surface area contributed by atoms with E-state index in [0.29, 0.717) is 0 Å². The van der Waals surface area contributed by atoms with Gasteiger partial charge in [0.25, 0.3) is 0 Å². The van der Waals surface area contributed by atoms with Crippen LogP contribution in [0.2, 0.25) is 5.02 Å².